The lowest BCUT2D eigenvalue weighted by atomic mass is 10.2. The molecule has 0 amide bonds. The largest absolute Gasteiger partial charge is 0.434 e. The zero-order chi connectivity index (χ0) is 21.3. The van der Waals surface area contributed by atoms with Crippen LogP contribution in [0.4, 0.5) is 13.2 Å². The molecule has 6 nitrogen and oxygen atoms in total. The molecule has 2 aromatic rings. The van der Waals surface area contributed by atoms with Gasteiger partial charge in [0, 0.05) is 18.7 Å². The van der Waals surface area contributed by atoms with E-state index in [4.69, 9.17) is 0 Å². The lowest BCUT2D eigenvalue weighted by Gasteiger charge is -2.13. The quantitative estimate of drug-likeness (QED) is 0.280. The maximum Gasteiger partial charge on any atom is 0.387 e. The Labute approximate surface area is 190 Å². The second-order valence-corrected chi connectivity index (χ2v) is 7.94. The molecule has 0 atom stereocenters. The van der Waals surface area contributed by atoms with E-state index in [-0.39, 0.29) is 53.5 Å². The van der Waals surface area contributed by atoms with Crippen molar-refractivity contribution >= 4 is 39.8 Å². The Hall–Kier alpha value is -2.02. The molecule has 2 rings (SSSR count). The van der Waals surface area contributed by atoms with Crippen LogP contribution < -0.4 is 15.4 Å². The number of benzene rings is 2. The molecule has 0 aliphatic rings. The van der Waals surface area contributed by atoms with Crippen LogP contribution in [-0.4, -0.2) is 39.8 Å². The number of hydrogen-bond donors (Lipinski definition) is 2. The van der Waals surface area contributed by atoms with Gasteiger partial charge in [-0.2, -0.15) is 8.78 Å². The van der Waals surface area contributed by atoms with E-state index in [1.165, 1.54) is 24.3 Å². The van der Waals surface area contributed by atoms with Gasteiger partial charge in [0.05, 0.1) is 12.3 Å². The first-order chi connectivity index (χ1) is 13.8. The van der Waals surface area contributed by atoms with E-state index in [9.17, 15) is 21.6 Å². The molecule has 0 heterocycles. The van der Waals surface area contributed by atoms with Crippen molar-refractivity contribution in [2.75, 3.05) is 18.8 Å². The minimum absolute atomic E-state index is 0. The second-order valence-electron chi connectivity index (χ2n) is 5.86. The molecule has 0 aromatic heterocycles. The van der Waals surface area contributed by atoms with Gasteiger partial charge < -0.3 is 15.4 Å². The summed E-state index contributed by atoms with van der Waals surface area (Å²) in [5.74, 6) is -0.834. The van der Waals surface area contributed by atoms with Crippen molar-refractivity contribution in [3.8, 4) is 5.75 Å². The first-order valence-corrected chi connectivity index (χ1v) is 10.5. The van der Waals surface area contributed by atoms with Gasteiger partial charge in [-0.15, -0.1) is 24.0 Å². The summed E-state index contributed by atoms with van der Waals surface area (Å²) in [5.41, 5.74) is 0.448. The highest BCUT2D eigenvalue weighted by Crippen LogP contribution is 2.21. The SMILES string of the molecule is CCNC(=NCc1ccccc1OC(F)F)NCCS(=O)(=O)c1ccccc1F.I. The molecule has 0 fully saturated rings. The predicted octanol–water partition coefficient (Wildman–Crippen LogP) is 3.57. The number of guanidine groups is 1. The molecule has 0 radical (unpaired) electrons. The highest BCUT2D eigenvalue weighted by molar-refractivity contribution is 14.0. The molecule has 0 spiro atoms. The lowest BCUT2D eigenvalue weighted by Crippen LogP contribution is -2.39. The van der Waals surface area contributed by atoms with Gasteiger partial charge in [-0.05, 0) is 25.1 Å². The van der Waals surface area contributed by atoms with E-state index in [2.05, 4.69) is 20.4 Å². The van der Waals surface area contributed by atoms with Gasteiger partial charge >= 0.3 is 6.61 Å². The fraction of sp³-hybridized carbons (Fsp3) is 0.316. The number of hydrogen-bond acceptors (Lipinski definition) is 4. The number of nitrogens with zero attached hydrogens (tertiary/aromatic N) is 1. The summed E-state index contributed by atoms with van der Waals surface area (Å²) in [4.78, 5) is 3.90. The summed E-state index contributed by atoms with van der Waals surface area (Å²) in [5, 5.41) is 5.78. The zero-order valence-corrected chi connectivity index (χ0v) is 19.3. The summed E-state index contributed by atoms with van der Waals surface area (Å²) in [7, 11) is -3.81. The number of alkyl halides is 2. The van der Waals surface area contributed by atoms with Crippen molar-refractivity contribution in [3.63, 3.8) is 0 Å². The molecule has 0 saturated carbocycles. The van der Waals surface area contributed by atoms with E-state index >= 15 is 0 Å². The van der Waals surface area contributed by atoms with Crippen LogP contribution in [0.25, 0.3) is 0 Å². The highest BCUT2D eigenvalue weighted by atomic mass is 127. The Balaban J connectivity index is 0.00000450. The molecule has 0 bridgehead atoms. The molecule has 2 aromatic carbocycles. The normalized spacial score (nSPS) is 11.7. The summed E-state index contributed by atoms with van der Waals surface area (Å²) in [6.45, 7) is -0.604. The molecular formula is C19H23F3IN3O3S. The molecule has 0 aliphatic carbocycles. The summed E-state index contributed by atoms with van der Waals surface area (Å²) in [6, 6.07) is 11.4. The van der Waals surface area contributed by atoms with E-state index in [1.54, 1.807) is 18.2 Å². The van der Waals surface area contributed by atoms with Crippen molar-refractivity contribution < 1.29 is 26.3 Å². The Morgan fingerprint density at radius 3 is 2.43 bits per heavy atom. The number of sulfone groups is 1. The van der Waals surface area contributed by atoms with Crippen LogP contribution in [0, 0.1) is 5.82 Å². The second kappa shape index (κ2) is 12.6. The Kier molecular flexibility index (Phi) is 10.9. The van der Waals surface area contributed by atoms with Gasteiger partial charge in [-0.3, -0.25) is 0 Å². The third-order valence-electron chi connectivity index (χ3n) is 3.78. The molecule has 166 valence electrons. The molecular weight excluding hydrogens is 534 g/mol. The summed E-state index contributed by atoms with van der Waals surface area (Å²) in [6.07, 6.45) is 0. The summed E-state index contributed by atoms with van der Waals surface area (Å²) < 4.78 is 67.8. The zero-order valence-electron chi connectivity index (χ0n) is 16.1. The summed E-state index contributed by atoms with van der Waals surface area (Å²) >= 11 is 0. The van der Waals surface area contributed by atoms with E-state index < -0.39 is 22.3 Å². The standard InChI is InChI=1S/C19H22F3N3O3S.HI/c1-2-23-19(25-13-14-7-3-5-9-16(14)28-18(21)22)24-11-12-29(26,27)17-10-6-4-8-15(17)20;/h3-10,18H,2,11-13H2,1H3,(H2,23,24,25);1H. The van der Waals surface area contributed by atoms with E-state index in [1.807, 2.05) is 6.92 Å². The Morgan fingerprint density at radius 1 is 1.10 bits per heavy atom. The maximum absolute atomic E-state index is 13.7. The Bertz CT molecular complexity index is 943. The van der Waals surface area contributed by atoms with Crippen molar-refractivity contribution in [2.24, 2.45) is 4.99 Å². The van der Waals surface area contributed by atoms with Gasteiger partial charge in [0.1, 0.15) is 16.5 Å². The highest BCUT2D eigenvalue weighted by Gasteiger charge is 2.18. The number of para-hydroxylation sites is 1. The van der Waals surface area contributed by atoms with Crippen LogP contribution in [0.3, 0.4) is 0 Å². The first kappa shape index (κ1) is 26.0. The molecule has 0 aliphatic heterocycles. The molecule has 2 N–H and O–H groups in total. The third kappa shape index (κ3) is 8.01. The maximum atomic E-state index is 13.7. The minimum Gasteiger partial charge on any atom is -0.434 e. The van der Waals surface area contributed by atoms with Crippen LogP contribution in [0.15, 0.2) is 58.4 Å². The molecule has 0 unspecified atom stereocenters. The van der Waals surface area contributed by atoms with E-state index in [0.717, 1.165) is 6.07 Å². The minimum atomic E-state index is -3.81. The average molecular weight is 557 g/mol. The van der Waals surface area contributed by atoms with Crippen LogP contribution in [-0.2, 0) is 16.4 Å². The fourth-order valence-corrected chi connectivity index (χ4v) is 3.70. The number of aliphatic imine (C=N–C) groups is 1. The van der Waals surface area contributed by atoms with Gasteiger partial charge in [-0.1, -0.05) is 30.3 Å². The third-order valence-corrected chi connectivity index (χ3v) is 5.52. The van der Waals surface area contributed by atoms with Gasteiger partial charge in [-0.25, -0.2) is 17.8 Å². The lowest BCUT2D eigenvalue weighted by molar-refractivity contribution is -0.0504. The number of rotatable bonds is 9. The topological polar surface area (TPSA) is 79.8 Å². The van der Waals surface area contributed by atoms with Crippen LogP contribution in [0.1, 0.15) is 12.5 Å². The molecule has 30 heavy (non-hydrogen) atoms. The van der Waals surface area contributed by atoms with Gasteiger partial charge in [0.2, 0.25) is 0 Å². The van der Waals surface area contributed by atoms with Crippen molar-refractivity contribution in [1.82, 2.24) is 10.6 Å². The number of nitrogens with one attached hydrogen (secondary N) is 2. The monoisotopic (exact) mass is 557 g/mol. The van der Waals surface area contributed by atoms with Crippen LogP contribution in [0.5, 0.6) is 5.75 Å². The van der Waals surface area contributed by atoms with Crippen LogP contribution in [0.2, 0.25) is 0 Å². The fourth-order valence-electron chi connectivity index (χ4n) is 2.46. The van der Waals surface area contributed by atoms with Crippen molar-refractivity contribution in [1.29, 1.82) is 0 Å². The smallest absolute Gasteiger partial charge is 0.387 e. The molecule has 11 heteroatoms. The number of halogens is 4. The van der Waals surface area contributed by atoms with E-state index in [0.29, 0.717) is 18.1 Å². The van der Waals surface area contributed by atoms with Gasteiger partial charge in [0.25, 0.3) is 0 Å². The van der Waals surface area contributed by atoms with Gasteiger partial charge in [0.15, 0.2) is 15.8 Å². The Morgan fingerprint density at radius 2 is 1.77 bits per heavy atom. The molecule has 0 saturated heterocycles. The predicted molar refractivity (Wildman–Crippen MR) is 120 cm³/mol. The van der Waals surface area contributed by atoms with Crippen LogP contribution >= 0.6 is 24.0 Å². The number of ether oxygens (including phenoxy) is 1. The average Bonchev–Trinajstić information content (AvgIpc) is 2.66. The first-order valence-electron chi connectivity index (χ1n) is 8.85. The van der Waals surface area contributed by atoms with Crippen molar-refractivity contribution in [2.45, 2.75) is 25.0 Å². The van der Waals surface area contributed by atoms with Crippen molar-refractivity contribution in [3.05, 3.63) is 59.9 Å².